The number of benzene rings is 3. The van der Waals surface area contributed by atoms with E-state index in [1.165, 1.54) is 11.8 Å². The summed E-state index contributed by atoms with van der Waals surface area (Å²) in [6, 6.07) is 21.3. The quantitative estimate of drug-likeness (QED) is 0.550. The highest BCUT2D eigenvalue weighted by Gasteiger charge is 2.39. The Morgan fingerprint density at radius 2 is 1.59 bits per heavy atom. The lowest BCUT2D eigenvalue weighted by atomic mass is 10.0. The number of rotatable bonds is 6. The predicted molar refractivity (Wildman–Crippen MR) is 126 cm³/mol. The second-order valence-electron chi connectivity index (χ2n) is 7.88. The summed E-state index contributed by atoms with van der Waals surface area (Å²) in [7, 11) is 0. The summed E-state index contributed by atoms with van der Waals surface area (Å²) in [5, 5.41) is 5.82. The van der Waals surface area contributed by atoms with E-state index < -0.39 is 5.91 Å². The Morgan fingerprint density at radius 1 is 0.882 bits per heavy atom. The molecular weight excluding hydrogens is 434 g/mol. The van der Waals surface area contributed by atoms with Crippen LogP contribution in [0, 0.1) is 0 Å². The number of hydrogen-bond donors (Lipinski definition) is 2. The number of nitrogens with zero attached hydrogens (tertiary/aromatic N) is 1. The fourth-order valence-corrected chi connectivity index (χ4v) is 3.91. The van der Waals surface area contributed by atoms with E-state index in [1.807, 2.05) is 24.3 Å². The predicted octanol–water partition coefficient (Wildman–Crippen LogP) is 3.77. The zero-order chi connectivity index (χ0) is 23.7. The Morgan fingerprint density at radius 3 is 2.32 bits per heavy atom. The standard InChI is InChI=1S/C26H21N3O5/c1-16(30)27-19-8-10-20(11-9-19)28-24-23(18-5-3-2-4-6-18)25(31)29(26(24)32)14-17-7-12-21-22(13-17)34-15-33-21/h2-13,28H,14-15H2,1H3,(H,27,30). The van der Waals surface area contributed by atoms with Gasteiger partial charge < -0.3 is 20.1 Å². The molecule has 0 bridgehead atoms. The second kappa shape index (κ2) is 8.74. The number of carbonyl (C=O) groups excluding carboxylic acids is 3. The van der Waals surface area contributed by atoms with Gasteiger partial charge in [0.1, 0.15) is 5.70 Å². The molecule has 2 N–H and O–H groups in total. The van der Waals surface area contributed by atoms with E-state index in [0.717, 1.165) is 5.56 Å². The van der Waals surface area contributed by atoms with E-state index in [-0.39, 0.29) is 30.8 Å². The van der Waals surface area contributed by atoms with Crippen molar-refractivity contribution >= 4 is 34.7 Å². The number of imide groups is 1. The Kier molecular flexibility index (Phi) is 5.47. The van der Waals surface area contributed by atoms with Crippen LogP contribution in [0.1, 0.15) is 18.1 Å². The van der Waals surface area contributed by atoms with E-state index in [9.17, 15) is 14.4 Å². The van der Waals surface area contributed by atoms with Gasteiger partial charge in [0.05, 0.1) is 12.1 Å². The van der Waals surface area contributed by atoms with Crippen molar-refractivity contribution in [2.75, 3.05) is 17.4 Å². The summed E-state index contributed by atoms with van der Waals surface area (Å²) in [6.07, 6.45) is 0. The lowest BCUT2D eigenvalue weighted by Crippen LogP contribution is -2.32. The molecule has 8 nitrogen and oxygen atoms in total. The van der Waals surface area contributed by atoms with Gasteiger partial charge in [-0.25, -0.2) is 0 Å². The molecule has 3 aromatic rings. The largest absolute Gasteiger partial charge is 0.454 e. The molecule has 3 amide bonds. The first-order chi connectivity index (χ1) is 16.5. The molecule has 0 atom stereocenters. The molecule has 2 aliphatic rings. The average Bonchev–Trinajstić information content (AvgIpc) is 3.39. The molecule has 0 spiro atoms. The molecule has 2 heterocycles. The van der Waals surface area contributed by atoms with Crippen molar-refractivity contribution in [2.24, 2.45) is 0 Å². The summed E-state index contributed by atoms with van der Waals surface area (Å²) in [4.78, 5) is 39.3. The Bertz CT molecular complexity index is 1320. The van der Waals surface area contributed by atoms with Crippen LogP contribution in [0.5, 0.6) is 11.5 Å². The highest BCUT2D eigenvalue weighted by atomic mass is 16.7. The van der Waals surface area contributed by atoms with E-state index >= 15 is 0 Å². The minimum absolute atomic E-state index is 0.0945. The first-order valence-electron chi connectivity index (χ1n) is 10.7. The van der Waals surface area contributed by atoms with Crippen LogP contribution in [0.25, 0.3) is 5.57 Å². The van der Waals surface area contributed by atoms with Gasteiger partial charge in [-0.05, 0) is 47.5 Å². The van der Waals surface area contributed by atoms with E-state index in [2.05, 4.69) is 10.6 Å². The Balaban J connectivity index is 1.45. The molecule has 0 fully saturated rings. The molecule has 0 aromatic heterocycles. The lowest BCUT2D eigenvalue weighted by Gasteiger charge is -2.16. The number of fused-ring (bicyclic) bond motifs is 1. The maximum Gasteiger partial charge on any atom is 0.278 e. The summed E-state index contributed by atoms with van der Waals surface area (Å²) in [5.41, 5.74) is 3.14. The number of ether oxygens (including phenoxy) is 2. The van der Waals surface area contributed by atoms with Gasteiger partial charge in [0.25, 0.3) is 11.8 Å². The maximum absolute atomic E-state index is 13.4. The van der Waals surface area contributed by atoms with Crippen molar-refractivity contribution < 1.29 is 23.9 Å². The number of nitrogens with one attached hydrogen (secondary N) is 2. The van der Waals surface area contributed by atoms with Gasteiger partial charge in [-0.3, -0.25) is 19.3 Å². The Hall–Kier alpha value is -4.59. The van der Waals surface area contributed by atoms with E-state index in [0.29, 0.717) is 34.0 Å². The number of anilines is 2. The highest BCUT2D eigenvalue weighted by molar-refractivity contribution is 6.36. The molecule has 0 radical (unpaired) electrons. The fraction of sp³-hybridized carbons (Fsp3) is 0.115. The van der Waals surface area contributed by atoms with Crippen LogP contribution in [0.15, 0.2) is 78.5 Å². The minimum atomic E-state index is -0.424. The van der Waals surface area contributed by atoms with Gasteiger partial charge in [0.2, 0.25) is 12.7 Å². The summed E-state index contributed by atoms with van der Waals surface area (Å²) >= 11 is 0. The molecule has 3 aromatic carbocycles. The van der Waals surface area contributed by atoms with E-state index in [1.54, 1.807) is 48.5 Å². The van der Waals surface area contributed by atoms with Gasteiger partial charge in [-0.1, -0.05) is 36.4 Å². The second-order valence-corrected chi connectivity index (χ2v) is 7.88. The topological polar surface area (TPSA) is 97.0 Å². The summed E-state index contributed by atoms with van der Waals surface area (Å²) < 4.78 is 10.8. The monoisotopic (exact) mass is 455 g/mol. The first-order valence-corrected chi connectivity index (χ1v) is 10.7. The number of amides is 3. The van der Waals surface area contributed by atoms with Crippen LogP contribution in [0.4, 0.5) is 11.4 Å². The van der Waals surface area contributed by atoms with Gasteiger partial charge >= 0.3 is 0 Å². The van der Waals surface area contributed by atoms with Crippen LogP contribution in [0.3, 0.4) is 0 Å². The van der Waals surface area contributed by atoms with Crippen LogP contribution in [-0.2, 0) is 20.9 Å². The number of carbonyl (C=O) groups is 3. The molecule has 5 rings (SSSR count). The maximum atomic E-state index is 13.4. The molecule has 170 valence electrons. The molecule has 0 aliphatic carbocycles. The third-order valence-corrected chi connectivity index (χ3v) is 5.48. The van der Waals surface area contributed by atoms with E-state index in [4.69, 9.17) is 9.47 Å². The Labute approximate surface area is 195 Å². The SMILES string of the molecule is CC(=O)Nc1ccc(NC2=C(c3ccccc3)C(=O)N(Cc3ccc4c(c3)OCO4)C2=O)cc1. The van der Waals surface area contributed by atoms with Crippen LogP contribution >= 0.6 is 0 Å². The lowest BCUT2D eigenvalue weighted by molar-refractivity contribution is -0.137. The fourth-order valence-electron chi connectivity index (χ4n) is 3.91. The molecule has 8 heteroatoms. The van der Waals surface area contributed by atoms with Gasteiger partial charge in [0.15, 0.2) is 11.5 Å². The summed E-state index contributed by atoms with van der Waals surface area (Å²) in [6.45, 7) is 1.67. The van der Waals surface area contributed by atoms with Crippen molar-refractivity contribution in [1.82, 2.24) is 4.90 Å². The minimum Gasteiger partial charge on any atom is -0.454 e. The molecule has 0 saturated carbocycles. The zero-order valence-corrected chi connectivity index (χ0v) is 18.3. The molecule has 0 saturated heterocycles. The van der Waals surface area contributed by atoms with Gasteiger partial charge in [-0.2, -0.15) is 0 Å². The third kappa shape index (κ3) is 4.09. The zero-order valence-electron chi connectivity index (χ0n) is 18.3. The molecule has 34 heavy (non-hydrogen) atoms. The highest BCUT2D eigenvalue weighted by Crippen LogP contribution is 2.35. The normalized spacial score (nSPS) is 14.6. The third-order valence-electron chi connectivity index (χ3n) is 5.48. The van der Waals surface area contributed by atoms with Crippen molar-refractivity contribution in [3.63, 3.8) is 0 Å². The smallest absolute Gasteiger partial charge is 0.278 e. The molecular formula is C26H21N3O5. The average molecular weight is 455 g/mol. The summed E-state index contributed by atoms with van der Waals surface area (Å²) in [5.74, 6) is 0.241. The van der Waals surface area contributed by atoms with Crippen LogP contribution < -0.4 is 20.1 Å². The molecule has 2 aliphatic heterocycles. The van der Waals surface area contributed by atoms with Crippen molar-refractivity contribution in [2.45, 2.75) is 13.5 Å². The van der Waals surface area contributed by atoms with Crippen LogP contribution in [0.2, 0.25) is 0 Å². The first kappa shape index (κ1) is 21.3. The van der Waals surface area contributed by atoms with Gasteiger partial charge in [-0.15, -0.1) is 0 Å². The van der Waals surface area contributed by atoms with Crippen LogP contribution in [-0.4, -0.2) is 29.4 Å². The van der Waals surface area contributed by atoms with Gasteiger partial charge in [0, 0.05) is 18.3 Å². The number of hydrogen-bond acceptors (Lipinski definition) is 6. The van der Waals surface area contributed by atoms with Crippen molar-refractivity contribution in [1.29, 1.82) is 0 Å². The van der Waals surface area contributed by atoms with Crippen molar-refractivity contribution in [3.05, 3.63) is 89.6 Å². The van der Waals surface area contributed by atoms with Crippen molar-refractivity contribution in [3.8, 4) is 11.5 Å². The molecule has 0 unspecified atom stereocenters.